The first-order valence-electron chi connectivity index (χ1n) is 4.02. The van der Waals surface area contributed by atoms with Gasteiger partial charge in [-0.2, -0.15) is 0 Å². The van der Waals surface area contributed by atoms with Gasteiger partial charge < -0.3 is 4.74 Å². The highest BCUT2D eigenvalue weighted by Crippen LogP contribution is 2.35. The molecule has 2 aromatic heterocycles. The molecule has 0 aromatic carbocycles. The van der Waals surface area contributed by atoms with Crippen LogP contribution in [0.1, 0.15) is 9.67 Å². The van der Waals surface area contributed by atoms with Crippen LogP contribution >= 0.6 is 46.0 Å². The van der Waals surface area contributed by atoms with Crippen LogP contribution < -0.4 is 0 Å². The molecule has 0 atom stereocenters. The maximum atomic E-state index is 11.3. The molecule has 0 radical (unpaired) electrons. The predicted octanol–water partition coefficient (Wildman–Crippen LogP) is 3.19. The Morgan fingerprint density at radius 2 is 2.38 bits per heavy atom. The number of nitrogens with zero attached hydrogens (tertiary/aromatic N) is 2. The SMILES string of the molecule is COC(=O)c1sc(Sc2nccs2)nc1Cl. The lowest BCUT2D eigenvalue weighted by atomic mass is 10.6. The topological polar surface area (TPSA) is 52.1 Å². The van der Waals surface area contributed by atoms with Gasteiger partial charge in [-0.25, -0.2) is 14.8 Å². The number of ether oxygens (including phenoxy) is 1. The third kappa shape index (κ3) is 2.54. The van der Waals surface area contributed by atoms with E-state index in [9.17, 15) is 4.79 Å². The van der Waals surface area contributed by atoms with Crippen molar-refractivity contribution in [3.8, 4) is 0 Å². The molecule has 0 spiro atoms. The molecule has 0 amide bonds. The number of hydrogen-bond acceptors (Lipinski definition) is 7. The summed E-state index contributed by atoms with van der Waals surface area (Å²) in [5.74, 6) is -0.464. The first kappa shape index (κ1) is 11.8. The summed E-state index contributed by atoms with van der Waals surface area (Å²) in [6.45, 7) is 0. The summed E-state index contributed by atoms with van der Waals surface area (Å²) >= 11 is 9.92. The van der Waals surface area contributed by atoms with Crippen molar-refractivity contribution >= 4 is 52.0 Å². The van der Waals surface area contributed by atoms with Crippen molar-refractivity contribution in [1.29, 1.82) is 0 Å². The highest BCUT2D eigenvalue weighted by atomic mass is 35.5. The second kappa shape index (κ2) is 5.13. The van der Waals surface area contributed by atoms with Crippen LogP contribution in [0.2, 0.25) is 5.15 Å². The fourth-order valence-electron chi connectivity index (χ4n) is 0.881. The van der Waals surface area contributed by atoms with Gasteiger partial charge in [-0.1, -0.05) is 22.9 Å². The van der Waals surface area contributed by atoms with E-state index < -0.39 is 5.97 Å². The lowest BCUT2D eigenvalue weighted by molar-refractivity contribution is 0.0606. The molecule has 0 saturated heterocycles. The van der Waals surface area contributed by atoms with Gasteiger partial charge in [0.25, 0.3) is 0 Å². The van der Waals surface area contributed by atoms with Crippen LogP contribution in [0.15, 0.2) is 20.3 Å². The van der Waals surface area contributed by atoms with E-state index in [0.29, 0.717) is 9.22 Å². The Labute approximate surface area is 109 Å². The van der Waals surface area contributed by atoms with Gasteiger partial charge in [0, 0.05) is 11.6 Å². The number of esters is 1. The second-order valence-electron chi connectivity index (χ2n) is 2.49. The number of hydrogen-bond donors (Lipinski definition) is 0. The van der Waals surface area contributed by atoms with Crippen LogP contribution in [0.4, 0.5) is 0 Å². The molecule has 0 saturated carbocycles. The van der Waals surface area contributed by atoms with Gasteiger partial charge in [0.2, 0.25) is 0 Å². The molecular weight excluding hydrogens is 288 g/mol. The third-order valence-corrected chi connectivity index (χ3v) is 4.89. The Hall–Kier alpha value is -0.630. The highest BCUT2D eigenvalue weighted by molar-refractivity contribution is 8.02. The first-order chi connectivity index (χ1) is 7.70. The number of methoxy groups -OCH3 is 1. The predicted molar refractivity (Wildman–Crippen MR) is 64.7 cm³/mol. The van der Waals surface area contributed by atoms with Gasteiger partial charge in [0.15, 0.2) is 18.7 Å². The van der Waals surface area contributed by atoms with E-state index in [1.165, 1.54) is 41.5 Å². The standard InChI is InChI=1S/C8H5ClN2O2S3/c1-13-6(12)4-5(9)11-8(15-4)16-7-10-2-3-14-7/h2-3H,1H3. The lowest BCUT2D eigenvalue weighted by Gasteiger charge is -1.92. The number of halogens is 1. The monoisotopic (exact) mass is 292 g/mol. The zero-order valence-electron chi connectivity index (χ0n) is 7.97. The van der Waals surface area contributed by atoms with Crippen LogP contribution in [0.25, 0.3) is 0 Å². The molecule has 2 rings (SSSR count). The maximum Gasteiger partial charge on any atom is 0.351 e. The zero-order valence-corrected chi connectivity index (χ0v) is 11.2. The molecule has 0 N–H and O–H groups in total. The lowest BCUT2D eigenvalue weighted by Crippen LogP contribution is -1.98. The van der Waals surface area contributed by atoms with Crippen molar-refractivity contribution in [2.24, 2.45) is 0 Å². The summed E-state index contributed by atoms with van der Waals surface area (Å²) in [6.07, 6.45) is 1.71. The minimum atomic E-state index is -0.464. The average molecular weight is 293 g/mol. The average Bonchev–Trinajstić information content (AvgIpc) is 2.88. The molecule has 2 aromatic rings. The molecule has 0 unspecified atom stereocenters. The molecule has 0 aliphatic rings. The highest BCUT2D eigenvalue weighted by Gasteiger charge is 2.18. The Balaban J connectivity index is 2.21. The van der Waals surface area contributed by atoms with Crippen molar-refractivity contribution in [3.63, 3.8) is 0 Å². The number of rotatable bonds is 3. The van der Waals surface area contributed by atoms with Crippen LogP contribution in [-0.2, 0) is 4.74 Å². The van der Waals surface area contributed by atoms with Crippen LogP contribution in [0, 0.1) is 0 Å². The van der Waals surface area contributed by atoms with E-state index >= 15 is 0 Å². The summed E-state index contributed by atoms with van der Waals surface area (Å²) in [4.78, 5) is 19.8. The Morgan fingerprint density at radius 1 is 1.56 bits per heavy atom. The Kier molecular flexibility index (Phi) is 3.80. The maximum absolute atomic E-state index is 11.3. The van der Waals surface area contributed by atoms with E-state index in [2.05, 4.69) is 14.7 Å². The van der Waals surface area contributed by atoms with E-state index in [1.54, 1.807) is 6.20 Å². The van der Waals surface area contributed by atoms with Gasteiger partial charge >= 0.3 is 5.97 Å². The zero-order chi connectivity index (χ0) is 11.5. The Bertz CT molecular complexity index is 497. The summed E-state index contributed by atoms with van der Waals surface area (Å²) in [5.41, 5.74) is 0. The molecule has 8 heteroatoms. The van der Waals surface area contributed by atoms with Gasteiger partial charge in [0.1, 0.15) is 0 Å². The summed E-state index contributed by atoms with van der Waals surface area (Å²) < 4.78 is 6.13. The summed E-state index contributed by atoms with van der Waals surface area (Å²) in [7, 11) is 1.31. The fraction of sp³-hybridized carbons (Fsp3) is 0.125. The van der Waals surface area contributed by atoms with Crippen molar-refractivity contribution in [3.05, 3.63) is 21.6 Å². The number of aromatic nitrogens is 2. The molecule has 0 fully saturated rings. The van der Waals surface area contributed by atoms with Crippen LogP contribution in [-0.4, -0.2) is 23.0 Å². The van der Waals surface area contributed by atoms with Gasteiger partial charge in [-0.05, 0) is 11.8 Å². The van der Waals surface area contributed by atoms with Gasteiger partial charge in [-0.15, -0.1) is 11.3 Å². The van der Waals surface area contributed by atoms with Crippen molar-refractivity contribution in [1.82, 2.24) is 9.97 Å². The number of thiazole rings is 2. The molecule has 84 valence electrons. The quantitative estimate of drug-likeness (QED) is 0.813. The van der Waals surface area contributed by atoms with E-state index in [0.717, 1.165) is 4.34 Å². The molecule has 4 nitrogen and oxygen atoms in total. The molecule has 16 heavy (non-hydrogen) atoms. The fourth-order valence-corrected chi connectivity index (χ4v) is 4.03. The second-order valence-corrected chi connectivity index (χ2v) is 6.24. The molecule has 0 bridgehead atoms. The van der Waals surface area contributed by atoms with E-state index in [4.69, 9.17) is 11.6 Å². The number of carbonyl (C=O) groups is 1. The van der Waals surface area contributed by atoms with Crippen molar-refractivity contribution in [2.75, 3.05) is 7.11 Å². The van der Waals surface area contributed by atoms with Gasteiger partial charge in [-0.3, -0.25) is 0 Å². The normalized spacial score (nSPS) is 10.4. The third-order valence-electron chi connectivity index (χ3n) is 1.52. The summed E-state index contributed by atoms with van der Waals surface area (Å²) in [5, 5.41) is 2.05. The van der Waals surface area contributed by atoms with E-state index in [-0.39, 0.29) is 5.15 Å². The largest absolute Gasteiger partial charge is 0.465 e. The van der Waals surface area contributed by atoms with E-state index in [1.807, 2.05) is 5.38 Å². The molecule has 2 heterocycles. The Morgan fingerprint density at radius 3 is 3.00 bits per heavy atom. The molecular formula is C8H5ClN2O2S3. The summed E-state index contributed by atoms with van der Waals surface area (Å²) in [6, 6.07) is 0. The van der Waals surface area contributed by atoms with Crippen molar-refractivity contribution < 1.29 is 9.53 Å². The molecule has 0 aliphatic heterocycles. The van der Waals surface area contributed by atoms with Gasteiger partial charge in [0.05, 0.1) is 7.11 Å². The smallest absolute Gasteiger partial charge is 0.351 e. The minimum absolute atomic E-state index is 0.177. The van der Waals surface area contributed by atoms with Crippen molar-refractivity contribution in [2.45, 2.75) is 8.68 Å². The minimum Gasteiger partial charge on any atom is -0.465 e. The molecule has 0 aliphatic carbocycles. The first-order valence-corrected chi connectivity index (χ1v) is 6.91. The van der Waals surface area contributed by atoms with Crippen LogP contribution in [0.3, 0.4) is 0 Å². The number of carbonyl (C=O) groups excluding carboxylic acids is 1. The van der Waals surface area contributed by atoms with Crippen LogP contribution in [0.5, 0.6) is 0 Å².